The van der Waals surface area contributed by atoms with Gasteiger partial charge in [0, 0.05) is 30.9 Å². The molecular weight excluding hydrogens is 174 g/mol. The van der Waals surface area contributed by atoms with Crippen LogP contribution in [0.15, 0.2) is 24.4 Å². The van der Waals surface area contributed by atoms with Crippen LogP contribution in [0.5, 0.6) is 0 Å². The highest BCUT2D eigenvalue weighted by Gasteiger charge is 2.21. The molecule has 0 aromatic carbocycles. The number of nitrogens with one attached hydrogen (secondary N) is 1. The molecule has 3 nitrogen and oxygen atoms in total. The van der Waals surface area contributed by atoms with Crippen molar-refractivity contribution in [3.8, 4) is 0 Å². The molecular formula is C11H13N3. The molecule has 0 aliphatic carbocycles. The van der Waals surface area contributed by atoms with Gasteiger partial charge in [-0.05, 0) is 19.1 Å². The molecule has 2 aromatic rings. The second-order valence-corrected chi connectivity index (χ2v) is 3.92. The van der Waals surface area contributed by atoms with E-state index in [1.165, 1.54) is 11.4 Å². The molecule has 0 saturated carbocycles. The third-order valence-corrected chi connectivity index (χ3v) is 2.91. The molecule has 72 valence electrons. The van der Waals surface area contributed by atoms with Crippen LogP contribution < -0.4 is 5.32 Å². The first kappa shape index (κ1) is 8.00. The molecule has 2 aromatic heterocycles. The van der Waals surface area contributed by atoms with Gasteiger partial charge in [-0.3, -0.25) is 0 Å². The van der Waals surface area contributed by atoms with E-state index in [1.807, 2.05) is 0 Å². The van der Waals surface area contributed by atoms with Gasteiger partial charge < -0.3 is 9.72 Å². The van der Waals surface area contributed by atoms with Crippen molar-refractivity contribution in [3.05, 3.63) is 35.8 Å². The van der Waals surface area contributed by atoms with Crippen LogP contribution in [0.3, 0.4) is 0 Å². The Hall–Kier alpha value is -1.35. The van der Waals surface area contributed by atoms with Crippen LogP contribution in [-0.4, -0.2) is 22.5 Å². The molecule has 0 spiro atoms. The summed E-state index contributed by atoms with van der Waals surface area (Å²) in [7, 11) is 0. The molecule has 1 fully saturated rings. The van der Waals surface area contributed by atoms with Crippen molar-refractivity contribution < 1.29 is 0 Å². The smallest absolute Gasteiger partial charge is 0.137 e. The summed E-state index contributed by atoms with van der Waals surface area (Å²) in [6.07, 6.45) is 2.16. The Morgan fingerprint density at radius 3 is 2.93 bits per heavy atom. The van der Waals surface area contributed by atoms with E-state index >= 15 is 0 Å². The molecule has 1 N–H and O–H groups in total. The quantitative estimate of drug-likeness (QED) is 0.729. The minimum atomic E-state index is 0.620. The summed E-state index contributed by atoms with van der Waals surface area (Å²) in [6.45, 7) is 4.25. The fourth-order valence-electron chi connectivity index (χ4n) is 1.86. The third kappa shape index (κ3) is 1.06. The largest absolute Gasteiger partial charge is 0.315 e. The summed E-state index contributed by atoms with van der Waals surface area (Å²) in [5, 5.41) is 3.27. The summed E-state index contributed by atoms with van der Waals surface area (Å²) >= 11 is 0. The summed E-state index contributed by atoms with van der Waals surface area (Å²) in [5.74, 6) is 0.620. The van der Waals surface area contributed by atoms with Crippen molar-refractivity contribution in [1.29, 1.82) is 0 Å². The fraction of sp³-hybridized carbons (Fsp3) is 0.364. The number of hydrogen-bond donors (Lipinski definition) is 1. The van der Waals surface area contributed by atoms with Gasteiger partial charge >= 0.3 is 0 Å². The van der Waals surface area contributed by atoms with Gasteiger partial charge in [-0.15, -0.1) is 0 Å². The molecule has 1 saturated heterocycles. The summed E-state index contributed by atoms with van der Waals surface area (Å²) < 4.78 is 2.16. The van der Waals surface area contributed by atoms with Crippen LogP contribution >= 0.6 is 0 Å². The summed E-state index contributed by atoms with van der Waals surface area (Å²) in [6, 6.07) is 6.22. The number of aromatic nitrogens is 2. The summed E-state index contributed by atoms with van der Waals surface area (Å²) in [5.41, 5.74) is 3.53. The zero-order valence-electron chi connectivity index (χ0n) is 8.20. The maximum absolute atomic E-state index is 4.62. The molecule has 0 atom stereocenters. The Kier molecular flexibility index (Phi) is 1.61. The van der Waals surface area contributed by atoms with Crippen LogP contribution in [0.4, 0.5) is 0 Å². The number of rotatable bonds is 1. The zero-order chi connectivity index (χ0) is 9.54. The van der Waals surface area contributed by atoms with E-state index in [4.69, 9.17) is 0 Å². The second kappa shape index (κ2) is 2.82. The minimum Gasteiger partial charge on any atom is -0.315 e. The molecule has 0 radical (unpaired) electrons. The lowest BCUT2D eigenvalue weighted by Crippen LogP contribution is -2.40. The Morgan fingerprint density at radius 2 is 2.29 bits per heavy atom. The van der Waals surface area contributed by atoms with Gasteiger partial charge in [0.15, 0.2) is 0 Å². The number of pyridine rings is 1. The Bertz CT molecular complexity index is 468. The van der Waals surface area contributed by atoms with Gasteiger partial charge in [-0.2, -0.15) is 0 Å². The predicted octanol–water partition coefficient (Wildman–Crippen LogP) is 1.33. The van der Waals surface area contributed by atoms with Crippen molar-refractivity contribution in [2.75, 3.05) is 13.1 Å². The van der Waals surface area contributed by atoms with E-state index in [0.717, 1.165) is 18.7 Å². The number of aryl methyl sites for hydroxylation is 1. The van der Waals surface area contributed by atoms with Gasteiger partial charge in [0.05, 0.1) is 5.69 Å². The number of fused-ring (bicyclic) bond motifs is 1. The lowest BCUT2D eigenvalue weighted by atomic mass is 10.0. The van der Waals surface area contributed by atoms with Crippen molar-refractivity contribution in [3.63, 3.8) is 0 Å². The molecule has 3 heteroatoms. The monoisotopic (exact) mass is 187 g/mol. The minimum absolute atomic E-state index is 0.620. The van der Waals surface area contributed by atoms with Crippen LogP contribution in [-0.2, 0) is 0 Å². The topological polar surface area (TPSA) is 29.3 Å². The predicted molar refractivity (Wildman–Crippen MR) is 55.5 cm³/mol. The van der Waals surface area contributed by atoms with Crippen LogP contribution in [0.1, 0.15) is 17.3 Å². The van der Waals surface area contributed by atoms with E-state index < -0.39 is 0 Å². The molecule has 3 heterocycles. The highest BCUT2D eigenvalue weighted by Crippen LogP contribution is 2.19. The first-order valence-electron chi connectivity index (χ1n) is 5.00. The van der Waals surface area contributed by atoms with Gasteiger partial charge in [0.2, 0.25) is 0 Å². The molecule has 14 heavy (non-hydrogen) atoms. The highest BCUT2D eigenvalue weighted by atomic mass is 15.0. The van der Waals surface area contributed by atoms with Crippen molar-refractivity contribution in [2.45, 2.75) is 12.8 Å². The normalized spacial score (nSPS) is 17.2. The van der Waals surface area contributed by atoms with Crippen molar-refractivity contribution >= 4 is 5.65 Å². The van der Waals surface area contributed by atoms with Crippen LogP contribution in [0.25, 0.3) is 5.65 Å². The molecule has 0 amide bonds. The average molecular weight is 187 g/mol. The molecule has 0 bridgehead atoms. The van der Waals surface area contributed by atoms with Crippen molar-refractivity contribution in [1.82, 2.24) is 14.7 Å². The standard InChI is InChI=1S/C11H13N3/c1-8-3-2-4-11-13-10(7-14(8)11)9-5-12-6-9/h2-4,7,9,12H,5-6H2,1H3. The maximum atomic E-state index is 4.62. The van der Waals surface area contributed by atoms with Gasteiger partial charge in [0.25, 0.3) is 0 Å². The lowest BCUT2D eigenvalue weighted by Gasteiger charge is -2.24. The third-order valence-electron chi connectivity index (χ3n) is 2.91. The fourth-order valence-corrected chi connectivity index (χ4v) is 1.86. The van der Waals surface area contributed by atoms with E-state index in [0.29, 0.717) is 5.92 Å². The molecule has 1 aliphatic heterocycles. The first-order valence-corrected chi connectivity index (χ1v) is 5.00. The van der Waals surface area contributed by atoms with E-state index in [-0.39, 0.29) is 0 Å². The van der Waals surface area contributed by atoms with Gasteiger partial charge in [0.1, 0.15) is 5.65 Å². The van der Waals surface area contributed by atoms with Gasteiger partial charge in [-0.1, -0.05) is 6.07 Å². The van der Waals surface area contributed by atoms with Crippen LogP contribution in [0.2, 0.25) is 0 Å². The maximum Gasteiger partial charge on any atom is 0.137 e. The number of hydrogen-bond acceptors (Lipinski definition) is 2. The van der Waals surface area contributed by atoms with E-state index in [2.05, 4.69) is 46.0 Å². The summed E-state index contributed by atoms with van der Waals surface area (Å²) in [4.78, 5) is 4.62. The highest BCUT2D eigenvalue weighted by molar-refractivity contribution is 5.42. The first-order chi connectivity index (χ1) is 6.84. The van der Waals surface area contributed by atoms with Crippen LogP contribution in [0, 0.1) is 6.92 Å². The lowest BCUT2D eigenvalue weighted by molar-refractivity contribution is 0.441. The average Bonchev–Trinajstić information content (AvgIpc) is 2.46. The Balaban J connectivity index is 2.15. The molecule has 0 unspecified atom stereocenters. The van der Waals surface area contributed by atoms with E-state index in [9.17, 15) is 0 Å². The zero-order valence-corrected chi connectivity index (χ0v) is 8.20. The molecule has 1 aliphatic rings. The second-order valence-electron chi connectivity index (χ2n) is 3.92. The van der Waals surface area contributed by atoms with E-state index in [1.54, 1.807) is 0 Å². The number of imidazole rings is 1. The van der Waals surface area contributed by atoms with Gasteiger partial charge in [-0.25, -0.2) is 4.98 Å². The van der Waals surface area contributed by atoms with Crippen molar-refractivity contribution in [2.24, 2.45) is 0 Å². The Labute approximate surface area is 82.8 Å². The SMILES string of the molecule is Cc1cccc2nc(C3CNC3)cn12. The molecule has 3 rings (SSSR count). The number of nitrogens with zero attached hydrogens (tertiary/aromatic N) is 2. The Morgan fingerprint density at radius 1 is 1.43 bits per heavy atom.